The Morgan fingerprint density at radius 1 is 1.35 bits per heavy atom. The first-order chi connectivity index (χ1) is 12.3. The number of benzene rings is 1. The number of amides is 2. The molecule has 0 spiro atoms. The zero-order valence-corrected chi connectivity index (χ0v) is 14.1. The standard InChI is InChI=1S/C17H19F3N4O2/c1-24-14(8-15(23-24)17(18,19)20)12-2-4-13(5-3-12)22-16(25)21-9-11-6-7-26-10-11/h2-5,8,11H,6-7,9-10H2,1H3,(H2,21,22,25). The van der Waals surface area contributed by atoms with Crippen LogP contribution in [0.1, 0.15) is 12.1 Å². The van der Waals surface area contributed by atoms with Gasteiger partial charge in [0.05, 0.1) is 12.3 Å². The van der Waals surface area contributed by atoms with Gasteiger partial charge in [0.2, 0.25) is 0 Å². The summed E-state index contributed by atoms with van der Waals surface area (Å²) in [5.74, 6) is 0.329. The van der Waals surface area contributed by atoms with E-state index in [1.165, 1.54) is 11.7 Å². The fraction of sp³-hybridized carbons (Fsp3) is 0.412. The Morgan fingerprint density at radius 2 is 2.08 bits per heavy atom. The van der Waals surface area contributed by atoms with Crippen LogP contribution in [0.4, 0.5) is 23.7 Å². The van der Waals surface area contributed by atoms with Gasteiger partial charge >= 0.3 is 12.2 Å². The molecule has 1 aromatic carbocycles. The second-order valence-corrected chi connectivity index (χ2v) is 6.18. The molecule has 1 aliphatic heterocycles. The largest absolute Gasteiger partial charge is 0.435 e. The van der Waals surface area contributed by atoms with Crippen LogP contribution in [0.3, 0.4) is 0 Å². The Labute approximate surface area is 148 Å². The molecule has 1 aromatic heterocycles. The van der Waals surface area contributed by atoms with Gasteiger partial charge in [0.1, 0.15) is 0 Å². The van der Waals surface area contributed by atoms with Crippen LogP contribution in [0.15, 0.2) is 30.3 Å². The number of urea groups is 1. The number of nitrogens with one attached hydrogen (secondary N) is 2. The molecular weight excluding hydrogens is 349 g/mol. The van der Waals surface area contributed by atoms with Gasteiger partial charge in [0, 0.05) is 31.8 Å². The van der Waals surface area contributed by atoms with E-state index in [9.17, 15) is 18.0 Å². The summed E-state index contributed by atoms with van der Waals surface area (Å²) in [5, 5.41) is 8.97. The lowest BCUT2D eigenvalue weighted by Crippen LogP contribution is -2.33. The van der Waals surface area contributed by atoms with Crippen molar-refractivity contribution in [3.8, 4) is 11.3 Å². The molecule has 0 saturated carbocycles. The lowest BCUT2D eigenvalue weighted by molar-refractivity contribution is -0.141. The monoisotopic (exact) mass is 368 g/mol. The minimum absolute atomic E-state index is 0.329. The number of alkyl halides is 3. The molecule has 2 amide bonds. The molecule has 3 rings (SSSR count). The molecule has 1 atom stereocenters. The molecule has 1 saturated heterocycles. The summed E-state index contributed by atoms with van der Waals surface area (Å²) in [6.07, 6.45) is -3.56. The molecule has 140 valence electrons. The van der Waals surface area contributed by atoms with E-state index in [1.54, 1.807) is 24.3 Å². The maximum atomic E-state index is 12.8. The maximum Gasteiger partial charge on any atom is 0.435 e. The fourth-order valence-electron chi connectivity index (χ4n) is 2.76. The van der Waals surface area contributed by atoms with E-state index < -0.39 is 11.9 Å². The van der Waals surface area contributed by atoms with Crippen molar-refractivity contribution in [2.45, 2.75) is 12.6 Å². The Kier molecular flexibility index (Phi) is 5.17. The molecule has 6 nitrogen and oxygen atoms in total. The molecule has 2 N–H and O–H groups in total. The number of carbonyl (C=O) groups is 1. The van der Waals surface area contributed by atoms with Crippen molar-refractivity contribution in [2.24, 2.45) is 13.0 Å². The first-order valence-corrected chi connectivity index (χ1v) is 8.17. The van der Waals surface area contributed by atoms with Crippen molar-refractivity contribution < 1.29 is 22.7 Å². The third kappa shape index (κ3) is 4.34. The van der Waals surface area contributed by atoms with Crippen molar-refractivity contribution in [3.63, 3.8) is 0 Å². The Balaban J connectivity index is 1.61. The van der Waals surface area contributed by atoms with Gasteiger partial charge in [-0.05, 0) is 30.2 Å². The topological polar surface area (TPSA) is 68.2 Å². The molecule has 0 radical (unpaired) electrons. The van der Waals surface area contributed by atoms with Crippen LogP contribution in [-0.2, 0) is 18.0 Å². The van der Waals surface area contributed by atoms with E-state index in [-0.39, 0.29) is 6.03 Å². The molecule has 9 heteroatoms. The molecule has 26 heavy (non-hydrogen) atoms. The van der Waals surface area contributed by atoms with Crippen molar-refractivity contribution >= 4 is 11.7 Å². The van der Waals surface area contributed by atoms with E-state index in [4.69, 9.17) is 4.74 Å². The summed E-state index contributed by atoms with van der Waals surface area (Å²) in [7, 11) is 1.46. The van der Waals surface area contributed by atoms with Crippen LogP contribution >= 0.6 is 0 Å². The molecule has 0 bridgehead atoms. The van der Waals surface area contributed by atoms with E-state index in [1.807, 2.05) is 0 Å². The highest BCUT2D eigenvalue weighted by Crippen LogP contribution is 2.31. The molecule has 1 unspecified atom stereocenters. The summed E-state index contributed by atoms with van der Waals surface area (Å²) >= 11 is 0. The second-order valence-electron chi connectivity index (χ2n) is 6.18. The highest BCUT2D eigenvalue weighted by Gasteiger charge is 2.34. The Morgan fingerprint density at radius 3 is 2.65 bits per heavy atom. The zero-order valence-electron chi connectivity index (χ0n) is 14.1. The number of halogens is 3. The Bertz CT molecular complexity index is 765. The van der Waals surface area contributed by atoms with Gasteiger partial charge in [0.15, 0.2) is 5.69 Å². The number of aromatic nitrogens is 2. The second kappa shape index (κ2) is 7.36. The fourth-order valence-corrected chi connectivity index (χ4v) is 2.76. The van der Waals surface area contributed by atoms with Gasteiger partial charge in [-0.1, -0.05) is 12.1 Å². The van der Waals surface area contributed by atoms with Gasteiger partial charge in [-0.3, -0.25) is 4.68 Å². The summed E-state index contributed by atoms with van der Waals surface area (Å²) in [5.41, 5.74) is 0.527. The molecule has 0 aliphatic carbocycles. The summed E-state index contributed by atoms with van der Waals surface area (Å²) in [6, 6.07) is 7.21. The predicted octanol–water partition coefficient (Wildman–Crippen LogP) is 3.26. The maximum absolute atomic E-state index is 12.8. The van der Waals surface area contributed by atoms with Gasteiger partial charge < -0.3 is 15.4 Å². The summed E-state index contributed by atoms with van der Waals surface area (Å²) < 4.78 is 44.7. The number of aryl methyl sites for hydroxylation is 1. The summed E-state index contributed by atoms with van der Waals surface area (Å²) in [6.45, 7) is 1.91. The number of hydrogen-bond acceptors (Lipinski definition) is 3. The molecule has 1 aliphatic rings. The molecule has 2 heterocycles. The first-order valence-electron chi connectivity index (χ1n) is 8.17. The van der Waals surface area contributed by atoms with Crippen molar-refractivity contribution in [2.75, 3.05) is 25.1 Å². The lowest BCUT2D eigenvalue weighted by atomic mass is 10.1. The van der Waals surface area contributed by atoms with Gasteiger partial charge in [0.25, 0.3) is 0 Å². The minimum Gasteiger partial charge on any atom is -0.381 e. The number of ether oxygens (including phenoxy) is 1. The van der Waals surface area contributed by atoms with Gasteiger partial charge in [-0.2, -0.15) is 18.3 Å². The molecule has 2 aromatic rings. The van der Waals surface area contributed by atoms with Crippen LogP contribution in [0, 0.1) is 5.92 Å². The number of anilines is 1. The van der Waals surface area contributed by atoms with Crippen molar-refractivity contribution in [1.82, 2.24) is 15.1 Å². The van der Waals surface area contributed by atoms with E-state index in [2.05, 4.69) is 15.7 Å². The van der Waals surface area contributed by atoms with Gasteiger partial charge in [-0.15, -0.1) is 0 Å². The number of carbonyl (C=O) groups excluding carboxylic acids is 1. The minimum atomic E-state index is -4.49. The van der Waals surface area contributed by atoms with Crippen LogP contribution in [0.5, 0.6) is 0 Å². The number of hydrogen-bond donors (Lipinski definition) is 2. The van der Waals surface area contributed by atoms with Crippen LogP contribution < -0.4 is 10.6 Å². The highest BCUT2D eigenvalue weighted by atomic mass is 19.4. The Hall–Kier alpha value is -2.55. The van der Waals surface area contributed by atoms with E-state index >= 15 is 0 Å². The zero-order chi connectivity index (χ0) is 18.7. The first kappa shape index (κ1) is 18.2. The molecule has 1 fully saturated rings. The quantitative estimate of drug-likeness (QED) is 0.870. The van der Waals surface area contributed by atoms with Gasteiger partial charge in [-0.25, -0.2) is 4.79 Å². The SMILES string of the molecule is Cn1nc(C(F)(F)F)cc1-c1ccc(NC(=O)NCC2CCOC2)cc1. The highest BCUT2D eigenvalue weighted by molar-refractivity contribution is 5.89. The van der Waals surface area contributed by atoms with Crippen LogP contribution in [0.2, 0.25) is 0 Å². The van der Waals surface area contributed by atoms with E-state index in [0.717, 1.165) is 19.1 Å². The van der Waals surface area contributed by atoms with Crippen molar-refractivity contribution in [3.05, 3.63) is 36.0 Å². The summed E-state index contributed by atoms with van der Waals surface area (Å²) in [4.78, 5) is 11.9. The van der Waals surface area contributed by atoms with E-state index in [0.29, 0.717) is 36.0 Å². The molecular formula is C17H19F3N4O2. The predicted molar refractivity (Wildman–Crippen MR) is 89.6 cm³/mol. The lowest BCUT2D eigenvalue weighted by Gasteiger charge is -2.11. The normalized spacial score (nSPS) is 17.3. The van der Waals surface area contributed by atoms with Crippen LogP contribution in [-0.4, -0.2) is 35.6 Å². The third-order valence-corrected chi connectivity index (χ3v) is 4.18. The average Bonchev–Trinajstić information content (AvgIpc) is 3.23. The van der Waals surface area contributed by atoms with Crippen molar-refractivity contribution in [1.29, 1.82) is 0 Å². The third-order valence-electron chi connectivity index (χ3n) is 4.18. The van der Waals surface area contributed by atoms with Crippen LogP contribution in [0.25, 0.3) is 11.3 Å². The number of nitrogens with zero attached hydrogens (tertiary/aromatic N) is 2. The average molecular weight is 368 g/mol. The number of rotatable bonds is 4. The smallest absolute Gasteiger partial charge is 0.381 e.